The fraction of sp³-hybridized carbons (Fsp3) is 0.875. The molecule has 2 aliphatic rings. The second-order valence-corrected chi connectivity index (χ2v) is 11.3. The summed E-state index contributed by atoms with van der Waals surface area (Å²) in [6, 6.07) is 0. The Bertz CT molecular complexity index is 791. The molecule has 0 fully saturated rings. The minimum atomic E-state index is -0.259. The van der Waals surface area contributed by atoms with E-state index >= 15 is 0 Å². The highest BCUT2D eigenvalue weighted by Gasteiger charge is 2.28. The van der Waals surface area contributed by atoms with Crippen LogP contribution in [0, 0.1) is 0 Å². The Hall–Kier alpha value is -1.88. The molecule has 0 saturated heterocycles. The molecular weight excluding hydrogens is 536 g/mol. The van der Waals surface area contributed by atoms with Gasteiger partial charge in [-0.15, -0.1) is 5.17 Å². The van der Waals surface area contributed by atoms with Crippen LogP contribution in [0.5, 0.6) is 0 Å². The van der Waals surface area contributed by atoms with Crippen molar-refractivity contribution in [3.05, 3.63) is 0 Å². The Balaban J connectivity index is 0.000000420. The molecule has 0 radical (unpaired) electrons. The lowest BCUT2D eigenvalue weighted by Gasteiger charge is -2.31. The number of rotatable bonds is 20. The zero-order chi connectivity index (χ0) is 31.0. The topological polar surface area (TPSA) is 124 Å². The third kappa shape index (κ3) is 16.1. The molecule has 0 aromatic carbocycles. The summed E-state index contributed by atoms with van der Waals surface area (Å²) < 4.78 is 0. The summed E-state index contributed by atoms with van der Waals surface area (Å²) in [5, 5.41) is 24.7. The maximum absolute atomic E-state index is 12.1. The summed E-state index contributed by atoms with van der Waals surface area (Å²) >= 11 is 0. The van der Waals surface area contributed by atoms with Crippen LogP contribution in [-0.2, 0) is 19.3 Å². The quantitative estimate of drug-likeness (QED) is 0.155. The van der Waals surface area contributed by atoms with Crippen LogP contribution in [0.15, 0.2) is 10.1 Å². The molecule has 2 aliphatic heterocycles. The van der Waals surface area contributed by atoms with Gasteiger partial charge in [0.15, 0.2) is 0 Å². The lowest BCUT2D eigenvalue weighted by Crippen LogP contribution is -2.44. The van der Waals surface area contributed by atoms with E-state index in [9.17, 15) is 9.59 Å². The molecule has 10 nitrogen and oxygen atoms in total. The minimum absolute atomic E-state index is 0.00545. The average Bonchev–Trinajstić information content (AvgIpc) is 2.99. The van der Waals surface area contributed by atoms with Crippen molar-refractivity contribution in [2.45, 2.75) is 162 Å². The molecule has 0 bridgehead atoms. The molecule has 0 aromatic rings. The first kappa shape index (κ1) is 38.1. The number of amides is 2. The highest BCUT2D eigenvalue weighted by Crippen LogP contribution is 2.21. The van der Waals surface area contributed by atoms with Crippen molar-refractivity contribution in [3.63, 3.8) is 0 Å². The van der Waals surface area contributed by atoms with Gasteiger partial charge in [0.1, 0.15) is 11.9 Å². The predicted octanol–water partition coefficient (Wildman–Crippen LogP) is 6.49. The number of hydrazone groups is 1. The molecule has 0 aromatic heterocycles. The Labute approximate surface area is 254 Å². The van der Waals surface area contributed by atoms with Crippen LogP contribution < -0.4 is 0 Å². The number of amidine groups is 1. The first-order valence-corrected chi connectivity index (χ1v) is 16.7. The van der Waals surface area contributed by atoms with Crippen molar-refractivity contribution >= 4 is 23.4 Å². The fourth-order valence-corrected chi connectivity index (χ4v) is 4.84. The molecule has 0 saturated carbocycles. The lowest BCUT2D eigenvalue weighted by atomic mass is 10.0. The summed E-state index contributed by atoms with van der Waals surface area (Å²) in [4.78, 5) is 40.0. The van der Waals surface area contributed by atoms with Gasteiger partial charge >= 0.3 is 0 Å². The largest absolute Gasteiger partial charge is 0.396 e. The number of hydrogen-bond acceptors (Lipinski definition) is 8. The standard InChI is InChI=1S/2C16H30N2O3/c1-3-5-7-9-14-13-17-15(10-8-6-4-2)18(21-14)16(20)11-12-19;1-3-5-7-9-14-13-15(10-8-6-4-2)21-18(17-14)16(20)11-12-19/h14,19H,3-13H2,1-2H3;15,19H,3-13H2,1-2H3. The Morgan fingerprint density at radius 1 is 0.738 bits per heavy atom. The molecule has 0 aliphatic carbocycles. The van der Waals surface area contributed by atoms with E-state index in [0.717, 1.165) is 87.3 Å². The number of carbonyl (C=O) groups is 2. The summed E-state index contributed by atoms with van der Waals surface area (Å²) in [7, 11) is 0. The monoisotopic (exact) mass is 596 g/mol. The Morgan fingerprint density at radius 3 is 1.88 bits per heavy atom. The zero-order valence-corrected chi connectivity index (χ0v) is 27.0. The normalized spacial score (nSPS) is 18.7. The smallest absolute Gasteiger partial charge is 0.271 e. The molecule has 0 spiro atoms. The maximum atomic E-state index is 12.1. The second kappa shape index (κ2) is 24.6. The highest BCUT2D eigenvalue weighted by molar-refractivity contribution is 5.97. The molecule has 10 heteroatoms. The number of aliphatic hydroxyl groups is 2. The molecule has 2 rings (SSSR count). The Kier molecular flexibility index (Phi) is 22.3. The van der Waals surface area contributed by atoms with Gasteiger partial charge in [0, 0.05) is 18.6 Å². The molecule has 2 N–H and O–H groups in total. The van der Waals surface area contributed by atoms with Crippen molar-refractivity contribution in [2.75, 3.05) is 19.8 Å². The fourth-order valence-electron chi connectivity index (χ4n) is 4.84. The zero-order valence-electron chi connectivity index (χ0n) is 27.0. The molecule has 244 valence electrons. The summed E-state index contributed by atoms with van der Waals surface area (Å²) in [5.41, 5.74) is 1.06. The average molecular weight is 597 g/mol. The van der Waals surface area contributed by atoms with Gasteiger partial charge in [0.05, 0.1) is 38.7 Å². The van der Waals surface area contributed by atoms with Crippen LogP contribution >= 0.6 is 0 Å². The summed E-state index contributed by atoms with van der Waals surface area (Å²) in [6.07, 6.45) is 18.3. The van der Waals surface area contributed by atoms with Crippen molar-refractivity contribution < 1.29 is 29.5 Å². The number of unbranched alkanes of at least 4 members (excludes halogenated alkanes) is 8. The SMILES string of the molecule is CCCCCC1=NCC(CCCCC)ON1C(=O)CCO.CCCCCC1=NN(C(=O)CCO)OC(CCCCC)C1. The van der Waals surface area contributed by atoms with Crippen molar-refractivity contribution in [1.29, 1.82) is 0 Å². The van der Waals surface area contributed by atoms with E-state index in [-0.39, 0.29) is 50.1 Å². The van der Waals surface area contributed by atoms with Crippen molar-refractivity contribution in [3.8, 4) is 0 Å². The minimum Gasteiger partial charge on any atom is -0.396 e. The maximum Gasteiger partial charge on any atom is 0.271 e. The Morgan fingerprint density at radius 2 is 1.29 bits per heavy atom. The number of aliphatic imine (C=N–C) groups is 1. The van der Waals surface area contributed by atoms with E-state index < -0.39 is 0 Å². The van der Waals surface area contributed by atoms with Crippen LogP contribution in [0.1, 0.15) is 150 Å². The van der Waals surface area contributed by atoms with Crippen LogP contribution in [0.4, 0.5) is 0 Å². The van der Waals surface area contributed by atoms with E-state index in [4.69, 9.17) is 19.9 Å². The van der Waals surface area contributed by atoms with Crippen LogP contribution in [0.3, 0.4) is 0 Å². The molecule has 2 unspecified atom stereocenters. The van der Waals surface area contributed by atoms with Gasteiger partial charge in [-0.25, -0.2) is 4.84 Å². The van der Waals surface area contributed by atoms with Crippen LogP contribution in [-0.4, -0.2) is 75.8 Å². The molecule has 42 heavy (non-hydrogen) atoms. The highest BCUT2D eigenvalue weighted by atomic mass is 16.7. The second-order valence-electron chi connectivity index (χ2n) is 11.3. The number of carbonyl (C=O) groups excluding carboxylic acids is 2. The molecule has 2 heterocycles. The van der Waals surface area contributed by atoms with Gasteiger partial charge < -0.3 is 10.2 Å². The van der Waals surface area contributed by atoms with Crippen LogP contribution in [0.2, 0.25) is 0 Å². The van der Waals surface area contributed by atoms with E-state index in [1.54, 1.807) is 0 Å². The predicted molar refractivity (Wildman–Crippen MR) is 168 cm³/mol. The lowest BCUT2D eigenvalue weighted by molar-refractivity contribution is -0.212. The third-order valence-corrected chi connectivity index (χ3v) is 7.33. The summed E-state index contributed by atoms with van der Waals surface area (Å²) in [6.45, 7) is 9.00. The molecule has 2 amide bonds. The summed E-state index contributed by atoms with van der Waals surface area (Å²) in [5.74, 6) is 0.285. The van der Waals surface area contributed by atoms with Gasteiger partial charge in [0.2, 0.25) is 0 Å². The number of aliphatic hydroxyl groups excluding tert-OH is 2. The third-order valence-electron chi connectivity index (χ3n) is 7.33. The number of hydrogen-bond donors (Lipinski definition) is 2. The van der Waals surface area contributed by atoms with Gasteiger partial charge in [-0.1, -0.05) is 91.9 Å². The van der Waals surface area contributed by atoms with Crippen LogP contribution in [0.25, 0.3) is 0 Å². The van der Waals surface area contributed by atoms with E-state index in [2.05, 4.69) is 37.8 Å². The molecular formula is C32H60N4O6. The van der Waals surface area contributed by atoms with Gasteiger partial charge in [-0.05, 0) is 32.1 Å². The van der Waals surface area contributed by atoms with Gasteiger partial charge in [-0.2, -0.15) is 10.2 Å². The van der Waals surface area contributed by atoms with Gasteiger partial charge in [-0.3, -0.25) is 19.4 Å². The molecule has 2 atom stereocenters. The van der Waals surface area contributed by atoms with Gasteiger partial charge in [0.25, 0.3) is 11.8 Å². The first-order valence-electron chi connectivity index (χ1n) is 16.7. The van der Waals surface area contributed by atoms with Crippen molar-refractivity contribution in [1.82, 2.24) is 10.2 Å². The number of nitrogens with zero attached hydrogens (tertiary/aromatic N) is 4. The van der Waals surface area contributed by atoms with Crippen molar-refractivity contribution in [2.24, 2.45) is 10.1 Å². The first-order chi connectivity index (χ1) is 20.4. The van der Waals surface area contributed by atoms with E-state index in [0.29, 0.717) is 6.54 Å². The number of hydroxylamine groups is 3. The van der Waals surface area contributed by atoms with E-state index in [1.165, 1.54) is 43.6 Å². The van der Waals surface area contributed by atoms with E-state index in [1.807, 2.05) is 0 Å².